The van der Waals surface area contributed by atoms with Crippen LogP contribution in [-0.2, 0) is 13.3 Å². The summed E-state index contributed by atoms with van der Waals surface area (Å²) in [6, 6.07) is 14.1. The molecule has 0 aliphatic carbocycles. The number of hydrogen-bond acceptors (Lipinski definition) is 4. The zero-order valence-corrected chi connectivity index (χ0v) is 21.1. The number of amides is 1. The Balaban J connectivity index is 1.38. The molecule has 0 saturated heterocycles. The molecule has 4 aromatic rings. The molecule has 0 fully saturated rings. The van der Waals surface area contributed by atoms with E-state index in [-0.39, 0.29) is 18.3 Å². The molecule has 0 aliphatic heterocycles. The Labute approximate surface area is 213 Å². The minimum Gasteiger partial charge on any atom is -0.470 e. The van der Waals surface area contributed by atoms with Crippen LogP contribution in [0.15, 0.2) is 59.2 Å². The summed E-state index contributed by atoms with van der Waals surface area (Å²) in [7, 11) is 0. The van der Waals surface area contributed by atoms with Crippen molar-refractivity contribution in [2.24, 2.45) is 0 Å². The molecule has 0 unspecified atom stereocenters. The van der Waals surface area contributed by atoms with Crippen LogP contribution >= 0.6 is 50.7 Å². The van der Waals surface area contributed by atoms with Gasteiger partial charge in [0.1, 0.15) is 5.75 Å². The lowest BCUT2D eigenvalue weighted by atomic mass is 10.2. The standard InChI is InChI=1S/C22H17BrCl3N5O2/c1-13-8-21(29-31(13)11-14-2-4-16(24)17(25)9-14)27-22(32)19-6-7-30(28-19)12-33-20-5-3-15(23)10-18(20)26/h2-10H,11-12H2,1H3,(H,27,29,32). The predicted molar refractivity (Wildman–Crippen MR) is 132 cm³/mol. The van der Waals surface area contributed by atoms with E-state index in [0.717, 1.165) is 15.7 Å². The van der Waals surface area contributed by atoms with Gasteiger partial charge in [0.15, 0.2) is 18.2 Å². The number of carbonyl (C=O) groups excluding carboxylic acids is 1. The molecule has 4 rings (SSSR count). The molecule has 2 heterocycles. The predicted octanol–water partition coefficient (Wildman–Crippen LogP) is 6.45. The summed E-state index contributed by atoms with van der Waals surface area (Å²) in [4.78, 5) is 12.6. The molecule has 1 N–H and O–H groups in total. The quantitative estimate of drug-likeness (QED) is 0.278. The van der Waals surface area contributed by atoms with E-state index < -0.39 is 0 Å². The summed E-state index contributed by atoms with van der Waals surface area (Å²) < 4.78 is 9.79. The average molecular weight is 570 g/mol. The van der Waals surface area contributed by atoms with Crippen molar-refractivity contribution in [3.05, 3.63) is 91.2 Å². The minimum absolute atomic E-state index is 0.103. The molecule has 2 aromatic heterocycles. The highest BCUT2D eigenvalue weighted by Gasteiger charge is 2.14. The summed E-state index contributed by atoms with van der Waals surface area (Å²) in [5.41, 5.74) is 2.05. The molecule has 170 valence electrons. The first-order chi connectivity index (χ1) is 15.8. The van der Waals surface area contributed by atoms with E-state index in [1.165, 1.54) is 4.68 Å². The molecule has 0 atom stereocenters. The highest BCUT2D eigenvalue weighted by atomic mass is 79.9. The number of aryl methyl sites for hydroxylation is 1. The van der Waals surface area contributed by atoms with E-state index in [1.54, 1.807) is 47.3 Å². The Hall–Kier alpha value is -2.52. The minimum atomic E-state index is -0.380. The highest BCUT2D eigenvalue weighted by molar-refractivity contribution is 9.10. The number of aromatic nitrogens is 4. The van der Waals surface area contributed by atoms with Gasteiger partial charge in [-0.15, -0.1) is 0 Å². The first-order valence-corrected chi connectivity index (χ1v) is 11.6. The van der Waals surface area contributed by atoms with Gasteiger partial charge >= 0.3 is 0 Å². The maximum Gasteiger partial charge on any atom is 0.277 e. The van der Waals surface area contributed by atoms with Crippen molar-refractivity contribution in [2.75, 3.05) is 5.32 Å². The van der Waals surface area contributed by atoms with Crippen molar-refractivity contribution in [1.82, 2.24) is 19.6 Å². The van der Waals surface area contributed by atoms with Gasteiger partial charge in [-0.1, -0.05) is 56.8 Å². The lowest BCUT2D eigenvalue weighted by molar-refractivity contribution is 0.101. The highest BCUT2D eigenvalue weighted by Crippen LogP contribution is 2.28. The first-order valence-electron chi connectivity index (χ1n) is 9.69. The van der Waals surface area contributed by atoms with Crippen LogP contribution in [0.3, 0.4) is 0 Å². The van der Waals surface area contributed by atoms with Gasteiger partial charge < -0.3 is 10.1 Å². The first kappa shape index (κ1) is 23.6. The molecule has 0 spiro atoms. The Morgan fingerprint density at radius 2 is 1.85 bits per heavy atom. The number of ether oxygens (including phenoxy) is 1. The molecule has 11 heteroatoms. The summed E-state index contributed by atoms with van der Waals surface area (Å²) in [5, 5.41) is 12.9. The third-order valence-electron chi connectivity index (χ3n) is 4.66. The summed E-state index contributed by atoms with van der Waals surface area (Å²) in [5.74, 6) is 0.559. The van der Waals surface area contributed by atoms with Crippen molar-refractivity contribution < 1.29 is 9.53 Å². The van der Waals surface area contributed by atoms with Crippen LogP contribution in [0.5, 0.6) is 5.75 Å². The largest absolute Gasteiger partial charge is 0.470 e. The summed E-state index contributed by atoms with van der Waals surface area (Å²) in [6.45, 7) is 2.49. The maximum atomic E-state index is 12.6. The van der Waals surface area contributed by atoms with Gasteiger partial charge in [-0.3, -0.25) is 9.48 Å². The molecule has 7 nitrogen and oxygen atoms in total. The van der Waals surface area contributed by atoms with Crippen LogP contribution in [0.1, 0.15) is 21.7 Å². The topological polar surface area (TPSA) is 74.0 Å². The van der Waals surface area contributed by atoms with Crippen molar-refractivity contribution in [3.63, 3.8) is 0 Å². The fourth-order valence-electron chi connectivity index (χ4n) is 3.01. The fourth-order valence-corrected chi connectivity index (χ4v) is 4.05. The van der Waals surface area contributed by atoms with Crippen LogP contribution < -0.4 is 10.1 Å². The monoisotopic (exact) mass is 567 g/mol. The van der Waals surface area contributed by atoms with Gasteiger partial charge in [0.25, 0.3) is 5.91 Å². The van der Waals surface area contributed by atoms with Crippen LogP contribution in [0.2, 0.25) is 15.1 Å². The number of halogens is 4. The van der Waals surface area contributed by atoms with E-state index in [1.807, 2.05) is 19.1 Å². The molecular weight excluding hydrogens is 553 g/mol. The van der Waals surface area contributed by atoms with Gasteiger partial charge in [0.05, 0.1) is 21.6 Å². The SMILES string of the molecule is Cc1cc(NC(=O)c2ccn(COc3ccc(Br)cc3Cl)n2)nn1Cc1ccc(Cl)c(Cl)c1. The Morgan fingerprint density at radius 1 is 1.03 bits per heavy atom. The third-order valence-corrected chi connectivity index (χ3v) is 6.19. The molecule has 2 aromatic carbocycles. The Kier molecular flexibility index (Phi) is 7.29. The van der Waals surface area contributed by atoms with E-state index in [2.05, 4.69) is 31.4 Å². The fraction of sp³-hybridized carbons (Fsp3) is 0.136. The van der Waals surface area contributed by atoms with Crippen LogP contribution in [0.25, 0.3) is 0 Å². The van der Waals surface area contributed by atoms with Gasteiger partial charge in [-0.2, -0.15) is 10.2 Å². The van der Waals surface area contributed by atoms with E-state index in [0.29, 0.717) is 33.2 Å². The van der Waals surface area contributed by atoms with Crippen LogP contribution in [0, 0.1) is 6.92 Å². The lowest BCUT2D eigenvalue weighted by Gasteiger charge is -2.08. The van der Waals surface area contributed by atoms with E-state index in [9.17, 15) is 4.79 Å². The van der Waals surface area contributed by atoms with Crippen LogP contribution in [-0.4, -0.2) is 25.5 Å². The molecule has 0 saturated carbocycles. The Morgan fingerprint density at radius 3 is 2.61 bits per heavy atom. The zero-order chi connectivity index (χ0) is 23.5. The van der Waals surface area contributed by atoms with Crippen molar-refractivity contribution >= 4 is 62.5 Å². The molecular formula is C22H17BrCl3N5O2. The third kappa shape index (κ3) is 5.89. The van der Waals surface area contributed by atoms with E-state index >= 15 is 0 Å². The smallest absolute Gasteiger partial charge is 0.277 e. The second-order valence-corrected chi connectivity index (χ2v) is 9.26. The van der Waals surface area contributed by atoms with Gasteiger partial charge in [-0.05, 0) is 48.9 Å². The van der Waals surface area contributed by atoms with Crippen LogP contribution in [0.4, 0.5) is 5.82 Å². The average Bonchev–Trinajstić information content (AvgIpc) is 3.37. The number of rotatable bonds is 7. The van der Waals surface area contributed by atoms with Crippen molar-refractivity contribution in [3.8, 4) is 5.75 Å². The van der Waals surface area contributed by atoms with Crippen molar-refractivity contribution in [2.45, 2.75) is 20.2 Å². The number of hydrogen-bond donors (Lipinski definition) is 1. The van der Waals surface area contributed by atoms with Gasteiger partial charge in [0, 0.05) is 22.4 Å². The van der Waals surface area contributed by atoms with E-state index in [4.69, 9.17) is 39.5 Å². The second kappa shape index (κ2) is 10.2. The summed E-state index contributed by atoms with van der Waals surface area (Å²) in [6.07, 6.45) is 1.65. The zero-order valence-electron chi connectivity index (χ0n) is 17.2. The normalized spacial score (nSPS) is 10.9. The molecule has 1 amide bonds. The van der Waals surface area contributed by atoms with Gasteiger partial charge in [0.2, 0.25) is 0 Å². The van der Waals surface area contributed by atoms with Gasteiger partial charge in [-0.25, -0.2) is 4.68 Å². The molecule has 33 heavy (non-hydrogen) atoms. The number of anilines is 1. The number of nitrogens with zero attached hydrogens (tertiary/aromatic N) is 4. The maximum absolute atomic E-state index is 12.6. The molecule has 0 aliphatic rings. The second-order valence-electron chi connectivity index (χ2n) is 7.12. The number of nitrogens with one attached hydrogen (secondary N) is 1. The summed E-state index contributed by atoms with van der Waals surface area (Å²) >= 11 is 21.6. The molecule has 0 bridgehead atoms. The lowest BCUT2D eigenvalue weighted by Crippen LogP contribution is -2.15. The van der Waals surface area contributed by atoms with Crippen molar-refractivity contribution in [1.29, 1.82) is 0 Å². The number of carbonyl (C=O) groups is 1. The molecule has 0 radical (unpaired) electrons. The Bertz CT molecular complexity index is 1320. The number of benzene rings is 2.